The maximum atomic E-state index is 5.84. The molecular weight excluding hydrogens is 290 g/mol. The van der Waals surface area contributed by atoms with Gasteiger partial charge in [-0.15, -0.1) is 0 Å². The van der Waals surface area contributed by atoms with E-state index in [4.69, 9.17) is 9.15 Å². The lowest BCUT2D eigenvalue weighted by atomic mass is 10.2. The fourth-order valence-corrected chi connectivity index (χ4v) is 2.17. The zero-order chi connectivity index (χ0) is 16.7. The summed E-state index contributed by atoms with van der Waals surface area (Å²) in [5, 5.41) is 6.57. The molecule has 0 saturated carbocycles. The number of benzene rings is 1. The van der Waals surface area contributed by atoms with Crippen molar-refractivity contribution in [2.75, 3.05) is 13.6 Å². The molecule has 0 aliphatic heterocycles. The Morgan fingerprint density at radius 3 is 2.52 bits per heavy atom. The van der Waals surface area contributed by atoms with Crippen LogP contribution in [0.2, 0.25) is 0 Å². The van der Waals surface area contributed by atoms with Crippen molar-refractivity contribution in [1.82, 2.24) is 10.6 Å². The number of furan rings is 1. The number of aryl methyl sites for hydroxylation is 1. The van der Waals surface area contributed by atoms with Gasteiger partial charge >= 0.3 is 0 Å². The summed E-state index contributed by atoms with van der Waals surface area (Å²) in [6.45, 7) is 6.64. The van der Waals surface area contributed by atoms with Gasteiger partial charge in [0, 0.05) is 7.05 Å². The highest BCUT2D eigenvalue weighted by atomic mass is 16.5. The summed E-state index contributed by atoms with van der Waals surface area (Å²) in [5.74, 6) is 3.37. The molecule has 2 aromatic rings. The number of hydrogen-bond acceptors (Lipinski definition) is 3. The maximum absolute atomic E-state index is 5.84. The first-order chi connectivity index (χ1) is 11.1. The Bertz CT molecular complexity index is 622. The van der Waals surface area contributed by atoms with Crippen LogP contribution < -0.4 is 15.4 Å². The lowest BCUT2D eigenvalue weighted by molar-refractivity contribution is 0.223. The van der Waals surface area contributed by atoms with E-state index in [1.165, 1.54) is 0 Å². The molecular formula is C18H25N3O2. The monoisotopic (exact) mass is 315 g/mol. The van der Waals surface area contributed by atoms with Crippen LogP contribution in [0.1, 0.15) is 31.4 Å². The van der Waals surface area contributed by atoms with Crippen LogP contribution in [-0.2, 0) is 0 Å². The van der Waals surface area contributed by atoms with Crippen LogP contribution in [0.5, 0.6) is 5.75 Å². The topological polar surface area (TPSA) is 58.8 Å². The molecule has 0 amide bonds. The van der Waals surface area contributed by atoms with Gasteiger partial charge in [0.1, 0.15) is 23.4 Å². The Morgan fingerprint density at radius 2 is 1.91 bits per heavy atom. The first-order valence-corrected chi connectivity index (χ1v) is 7.83. The molecule has 2 unspecified atom stereocenters. The van der Waals surface area contributed by atoms with Crippen LogP contribution in [0, 0.1) is 6.92 Å². The molecule has 2 atom stereocenters. The highest BCUT2D eigenvalue weighted by Crippen LogP contribution is 2.15. The first-order valence-electron chi connectivity index (χ1n) is 7.83. The van der Waals surface area contributed by atoms with Crippen LogP contribution >= 0.6 is 0 Å². The number of ether oxygens (including phenoxy) is 1. The second kappa shape index (κ2) is 8.27. The van der Waals surface area contributed by atoms with E-state index in [1.54, 1.807) is 7.05 Å². The van der Waals surface area contributed by atoms with Crippen molar-refractivity contribution in [3.63, 3.8) is 0 Å². The van der Waals surface area contributed by atoms with E-state index in [1.807, 2.05) is 63.2 Å². The third-order valence-electron chi connectivity index (χ3n) is 3.40. The highest BCUT2D eigenvalue weighted by molar-refractivity contribution is 5.80. The summed E-state index contributed by atoms with van der Waals surface area (Å²) < 4.78 is 11.5. The molecule has 5 nitrogen and oxygen atoms in total. The van der Waals surface area contributed by atoms with Gasteiger partial charge in [0.15, 0.2) is 5.96 Å². The van der Waals surface area contributed by atoms with E-state index in [-0.39, 0.29) is 12.1 Å². The highest BCUT2D eigenvalue weighted by Gasteiger charge is 2.12. The van der Waals surface area contributed by atoms with E-state index in [2.05, 4.69) is 15.6 Å². The zero-order valence-corrected chi connectivity index (χ0v) is 14.2. The number of rotatable bonds is 6. The molecule has 0 radical (unpaired) electrons. The lowest BCUT2D eigenvalue weighted by Crippen LogP contribution is -2.42. The summed E-state index contributed by atoms with van der Waals surface area (Å²) >= 11 is 0. The van der Waals surface area contributed by atoms with Crippen molar-refractivity contribution >= 4 is 5.96 Å². The average molecular weight is 315 g/mol. The van der Waals surface area contributed by atoms with Gasteiger partial charge in [-0.25, -0.2) is 0 Å². The first kappa shape index (κ1) is 16.9. The Morgan fingerprint density at radius 1 is 1.17 bits per heavy atom. The van der Waals surface area contributed by atoms with Gasteiger partial charge in [0.05, 0.1) is 12.6 Å². The van der Waals surface area contributed by atoms with Crippen LogP contribution in [0.3, 0.4) is 0 Å². The molecule has 0 aliphatic carbocycles. The fourth-order valence-electron chi connectivity index (χ4n) is 2.17. The van der Waals surface area contributed by atoms with Gasteiger partial charge < -0.3 is 19.8 Å². The lowest BCUT2D eigenvalue weighted by Gasteiger charge is -2.19. The number of hydrogen-bond donors (Lipinski definition) is 2. The van der Waals surface area contributed by atoms with Crippen molar-refractivity contribution in [1.29, 1.82) is 0 Å². The van der Waals surface area contributed by atoms with E-state index >= 15 is 0 Å². The van der Waals surface area contributed by atoms with Crippen molar-refractivity contribution in [2.45, 2.75) is 32.9 Å². The van der Waals surface area contributed by atoms with Crippen molar-refractivity contribution in [3.05, 3.63) is 54.0 Å². The summed E-state index contributed by atoms with van der Waals surface area (Å²) in [4.78, 5) is 4.24. The van der Waals surface area contributed by atoms with Crippen molar-refractivity contribution in [3.8, 4) is 5.75 Å². The molecule has 0 bridgehead atoms. The largest absolute Gasteiger partial charge is 0.489 e. The number of aliphatic imine (C=N–C) groups is 1. The van der Waals surface area contributed by atoms with Gasteiger partial charge in [0.25, 0.3) is 0 Å². The molecule has 23 heavy (non-hydrogen) atoms. The smallest absolute Gasteiger partial charge is 0.191 e. The van der Waals surface area contributed by atoms with Crippen LogP contribution in [0.25, 0.3) is 0 Å². The fraction of sp³-hybridized carbons (Fsp3) is 0.389. The van der Waals surface area contributed by atoms with E-state index in [9.17, 15) is 0 Å². The normalized spacial score (nSPS) is 14.2. The summed E-state index contributed by atoms with van der Waals surface area (Å²) in [6, 6.07) is 13.8. The van der Waals surface area contributed by atoms with Crippen LogP contribution in [0.15, 0.2) is 51.9 Å². The Hall–Kier alpha value is -2.43. The quantitative estimate of drug-likeness (QED) is 0.634. The Kier molecular flexibility index (Phi) is 6.09. The summed E-state index contributed by atoms with van der Waals surface area (Å²) in [5.41, 5.74) is 0. The molecule has 124 valence electrons. The standard InChI is InChI=1S/C18H25N3O2/c1-13-10-11-17(23-13)15(3)21-18(19-4)20-12-14(2)22-16-8-6-5-7-9-16/h5-11,14-15H,12H2,1-4H3,(H2,19,20,21). The molecule has 5 heteroatoms. The van der Waals surface area contributed by atoms with Gasteiger partial charge in [0.2, 0.25) is 0 Å². The third kappa shape index (κ3) is 5.36. The molecule has 1 aromatic heterocycles. The summed E-state index contributed by atoms with van der Waals surface area (Å²) in [6.07, 6.45) is 0.0251. The third-order valence-corrected chi connectivity index (χ3v) is 3.40. The number of para-hydroxylation sites is 1. The molecule has 2 rings (SSSR count). The van der Waals surface area contributed by atoms with Gasteiger partial charge in [-0.3, -0.25) is 4.99 Å². The molecule has 2 N–H and O–H groups in total. The van der Waals surface area contributed by atoms with Crippen LogP contribution in [0.4, 0.5) is 0 Å². The van der Waals surface area contributed by atoms with Gasteiger partial charge in [-0.2, -0.15) is 0 Å². The minimum absolute atomic E-state index is 0.0251. The number of nitrogens with one attached hydrogen (secondary N) is 2. The van der Waals surface area contributed by atoms with E-state index in [0.29, 0.717) is 6.54 Å². The average Bonchev–Trinajstić information content (AvgIpc) is 2.99. The Balaban J connectivity index is 1.80. The van der Waals surface area contributed by atoms with Gasteiger partial charge in [-0.05, 0) is 45.0 Å². The predicted octanol–water partition coefficient (Wildman–Crippen LogP) is 3.28. The molecule has 1 heterocycles. The molecule has 1 aromatic carbocycles. The predicted molar refractivity (Wildman–Crippen MR) is 92.9 cm³/mol. The molecule has 0 aliphatic rings. The summed E-state index contributed by atoms with van der Waals surface area (Å²) in [7, 11) is 1.75. The van der Waals surface area contributed by atoms with Crippen molar-refractivity contribution < 1.29 is 9.15 Å². The second-order valence-electron chi connectivity index (χ2n) is 5.51. The van der Waals surface area contributed by atoms with Gasteiger partial charge in [-0.1, -0.05) is 18.2 Å². The minimum atomic E-state index is 0.0251. The molecule has 0 spiro atoms. The SMILES string of the molecule is CN=C(NCC(C)Oc1ccccc1)NC(C)c1ccc(C)o1. The maximum Gasteiger partial charge on any atom is 0.191 e. The molecule has 0 fully saturated rings. The van der Waals surface area contributed by atoms with Crippen molar-refractivity contribution in [2.24, 2.45) is 4.99 Å². The van der Waals surface area contributed by atoms with E-state index < -0.39 is 0 Å². The van der Waals surface area contributed by atoms with Crippen LogP contribution in [-0.4, -0.2) is 25.7 Å². The molecule has 0 saturated heterocycles. The minimum Gasteiger partial charge on any atom is -0.489 e. The zero-order valence-electron chi connectivity index (χ0n) is 14.2. The van der Waals surface area contributed by atoms with E-state index in [0.717, 1.165) is 23.2 Å². The number of guanidine groups is 1. The number of nitrogens with zero attached hydrogens (tertiary/aromatic N) is 1. The second-order valence-corrected chi connectivity index (χ2v) is 5.51. The Labute approximate surface area is 137 Å².